The second-order valence-electron chi connectivity index (χ2n) is 3.94. The molecule has 0 atom stereocenters. The summed E-state index contributed by atoms with van der Waals surface area (Å²) >= 11 is 0. The Morgan fingerprint density at radius 2 is 2.11 bits per heavy atom. The second kappa shape index (κ2) is 6.05. The Hall–Kier alpha value is -2.04. The number of aromatic nitrogens is 2. The Morgan fingerprint density at radius 3 is 2.33 bits per heavy atom. The number of hydrogen-bond acceptors (Lipinski definition) is 3. The van der Waals surface area contributed by atoms with Crippen molar-refractivity contribution in [2.75, 3.05) is 0 Å². The molecule has 2 aromatic rings. The molecule has 0 fully saturated rings. The molecular weight excluding hydrogens is 232 g/mol. The number of aryl methyl sites for hydroxylation is 3. The van der Waals surface area contributed by atoms with Crippen LogP contribution in [-0.2, 0) is 13.6 Å². The Bertz CT molecular complexity index is 526. The van der Waals surface area contributed by atoms with E-state index in [1.165, 1.54) is 11.9 Å². The standard InChI is InChI=1S/C7H13N2.C6H6O3/c1-4-9-6-5-8(3)7(9)2;1-4-2-3-5(9-4)6(7)8/h5-6H,4H2,1-3H3;2-3H,1H3,(H,7,8)/q+1;/p-1. The van der Waals surface area contributed by atoms with E-state index >= 15 is 0 Å². The van der Waals surface area contributed by atoms with Crippen molar-refractivity contribution in [2.45, 2.75) is 27.3 Å². The lowest BCUT2D eigenvalue weighted by molar-refractivity contribution is -0.699. The van der Waals surface area contributed by atoms with Crippen LogP contribution in [0.5, 0.6) is 0 Å². The van der Waals surface area contributed by atoms with Crippen LogP contribution in [0.4, 0.5) is 0 Å². The van der Waals surface area contributed by atoms with E-state index in [4.69, 9.17) is 0 Å². The number of carboxylic acid groups (broad SMARTS) is 1. The molecular formula is C13H18N2O3. The maximum absolute atomic E-state index is 10.0. The number of rotatable bonds is 2. The van der Waals surface area contributed by atoms with Gasteiger partial charge in [-0.05, 0) is 26.0 Å². The van der Waals surface area contributed by atoms with Crippen LogP contribution < -0.4 is 9.67 Å². The molecule has 98 valence electrons. The monoisotopic (exact) mass is 250 g/mol. The lowest BCUT2D eigenvalue weighted by atomic mass is 10.4. The first-order valence-electron chi connectivity index (χ1n) is 5.74. The van der Waals surface area contributed by atoms with Crippen molar-refractivity contribution in [3.8, 4) is 0 Å². The van der Waals surface area contributed by atoms with E-state index in [0.717, 1.165) is 6.54 Å². The molecule has 2 heterocycles. The number of carboxylic acids is 1. The molecule has 0 aliphatic rings. The fourth-order valence-electron chi connectivity index (χ4n) is 1.48. The first-order chi connectivity index (χ1) is 8.45. The van der Waals surface area contributed by atoms with Crippen molar-refractivity contribution in [1.29, 1.82) is 0 Å². The molecule has 0 aliphatic heterocycles. The van der Waals surface area contributed by atoms with Gasteiger partial charge in [-0.3, -0.25) is 0 Å². The van der Waals surface area contributed by atoms with Gasteiger partial charge in [0.1, 0.15) is 29.9 Å². The maximum atomic E-state index is 10.0. The van der Waals surface area contributed by atoms with Gasteiger partial charge in [-0.25, -0.2) is 9.13 Å². The van der Waals surface area contributed by atoms with Crippen molar-refractivity contribution in [2.24, 2.45) is 7.05 Å². The van der Waals surface area contributed by atoms with Crippen LogP contribution in [0, 0.1) is 13.8 Å². The van der Waals surface area contributed by atoms with Crippen molar-refractivity contribution >= 4 is 5.97 Å². The predicted molar refractivity (Wildman–Crippen MR) is 63.8 cm³/mol. The van der Waals surface area contributed by atoms with Crippen molar-refractivity contribution in [3.05, 3.63) is 41.9 Å². The van der Waals surface area contributed by atoms with Crippen LogP contribution in [-0.4, -0.2) is 10.5 Å². The molecule has 0 saturated heterocycles. The summed E-state index contributed by atoms with van der Waals surface area (Å²) < 4.78 is 9.01. The van der Waals surface area contributed by atoms with Gasteiger partial charge in [0.2, 0.25) is 0 Å². The molecule has 0 amide bonds. The highest BCUT2D eigenvalue weighted by atomic mass is 16.4. The van der Waals surface area contributed by atoms with Gasteiger partial charge in [-0.2, -0.15) is 0 Å². The molecule has 0 N–H and O–H groups in total. The molecule has 0 aliphatic carbocycles. The fourth-order valence-corrected chi connectivity index (χ4v) is 1.48. The summed E-state index contributed by atoms with van der Waals surface area (Å²) in [5, 5.41) is 10.0. The second-order valence-corrected chi connectivity index (χ2v) is 3.94. The van der Waals surface area contributed by atoms with Gasteiger partial charge in [-0.15, -0.1) is 0 Å². The van der Waals surface area contributed by atoms with Crippen molar-refractivity contribution < 1.29 is 18.9 Å². The number of aromatic carboxylic acids is 1. The van der Waals surface area contributed by atoms with E-state index in [-0.39, 0.29) is 5.76 Å². The van der Waals surface area contributed by atoms with Gasteiger partial charge in [-0.1, -0.05) is 0 Å². The molecule has 0 unspecified atom stereocenters. The quantitative estimate of drug-likeness (QED) is 0.733. The molecule has 5 nitrogen and oxygen atoms in total. The fraction of sp³-hybridized carbons (Fsp3) is 0.385. The minimum absolute atomic E-state index is 0.118. The SMILES string of the molecule is CC[n+]1ccn(C)c1C.Cc1ccc(C(=O)[O-])o1. The normalized spacial score (nSPS) is 9.78. The molecule has 0 saturated carbocycles. The van der Waals surface area contributed by atoms with Crippen molar-refractivity contribution in [3.63, 3.8) is 0 Å². The zero-order valence-electron chi connectivity index (χ0n) is 11.1. The van der Waals surface area contributed by atoms with E-state index in [1.54, 1.807) is 13.0 Å². The summed E-state index contributed by atoms with van der Waals surface area (Å²) in [4.78, 5) is 10.0. The summed E-state index contributed by atoms with van der Waals surface area (Å²) in [5.74, 6) is 0.488. The van der Waals surface area contributed by atoms with Crippen LogP contribution in [0.3, 0.4) is 0 Å². The molecule has 0 bridgehead atoms. The van der Waals surface area contributed by atoms with Crippen molar-refractivity contribution in [1.82, 2.24) is 4.57 Å². The lowest BCUT2D eigenvalue weighted by Crippen LogP contribution is -2.33. The molecule has 18 heavy (non-hydrogen) atoms. The third kappa shape index (κ3) is 3.48. The summed E-state index contributed by atoms with van der Waals surface area (Å²) in [6.45, 7) is 7.00. The van der Waals surface area contributed by atoms with Crippen LogP contribution >= 0.6 is 0 Å². The third-order valence-corrected chi connectivity index (χ3v) is 2.68. The van der Waals surface area contributed by atoms with Gasteiger partial charge in [0.15, 0.2) is 0 Å². The first-order valence-corrected chi connectivity index (χ1v) is 5.74. The van der Waals surface area contributed by atoms with Gasteiger partial charge < -0.3 is 14.3 Å². The topological polar surface area (TPSA) is 62.1 Å². The lowest BCUT2D eigenvalue weighted by Gasteiger charge is -1.92. The number of carbonyl (C=O) groups is 1. The van der Waals surface area contributed by atoms with E-state index < -0.39 is 5.97 Å². The van der Waals surface area contributed by atoms with E-state index in [2.05, 4.69) is 46.8 Å². The Morgan fingerprint density at radius 1 is 1.44 bits per heavy atom. The van der Waals surface area contributed by atoms with Gasteiger partial charge >= 0.3 is 0 Å². The zero-order valence-corrected chi connectivity index (χ0v) is 11.1. The highest BCUT2D eigenvalue weighted by Gasteiger charge is 2.04. The Kier molecular flexibility index (Phi) is 4.71. The summed E-state index contributed by atoms with van der Waals surface area (Å²) in [5.41, 5.74) is 0. The van der Waals surface area contributed by atoms with Crippen LogP contribution in [0.2, 0.25) is 0 Å². The number of carbonyl (C=O) groups excluding carboxylic acids is 1. The summed E-state index contributed by atoms with van der Waals surface area (Å²) in [7, 11) is 2.06. The molecule has 5 heteroatoms. The highest BCUT2D eigenvalue weighted by molar-refractivity contribution is 5.82. The predicted octanol–water partition coefficient (Wildman–Crippen LogP) is 0.592. The largest absolute Gasteiger partial charge is 0.542 e. The van der Waals surface area contributed by atoms with Gasteiger partial charge in [0.05, 0.1) is 13.6 Å². The van der Waals surface area contributed by atoms with Crippen LogP contribution in [0.15, 0.2) is 28.9 Å². The molecule has 0 aromatic carbocycles. The Labute approximate surface area is 106 Å². The molecule has 0 spiro atoms. The molecule has 0 radical (unpaired) electrons. The minimum atomic E-state index is -1.27. The Balaban J connectivity index is 0.000000180. The summed E-state index contributed by atoms with van der Waals surface area (Å²) in [6, 6.07) is 2.94. The number of furan rings is 1. The van der Waals surface area contributed by atoms with Crippen LogP contribution in [0.1, 0.15) is 29.1 Å². The van der Waals surface area contributed by atoms with Crippen LogP contribution in [0.25, 0.3) is 0 Å². The minimum Gasteiger partial charge on any atom is -0.542 e. The molecule has 2 aromatic heterocycles. The first kappa shape index (κ1) is 14.0. The number of hydrogen-bond donors (Lipinski definition) is 0. The zero-order chi connectivity index (χ0) is 13.7. The average Bonchev–Trinajstić information content (AvgIpc) is 2.88. The van der Waals surface area contributed by atoms with Gasteiger partial charge in [0.25, 0.3) is 5.82 Å². The van der Waals surface area contributed by atoms with E-state index in [0.29, 0.717) is 5.76 Å². The van der Waals surface area contributed by atoms with Gasteiger partial charge in [0, 0.05) is 6.92 Å². The number of nitrogens with zero attached hydrogens (tertiary/aromatic N) is 2. The maximum Gasteiger partial charge on any atom is 0.252 e. The van der Waals surface area contributed by atoms with E-state index in [1.807, 2.05) is 0 Å². The molecule has 2 rings (SSSR count). The third-order valence-electron chi connectivity index (χ3n) is 2.68. The average molecular weight is 250 g/mol. The van der Waals surface area contributed by atoms with E-state index in [9.17, 15) is 9.90 Å². The smallest absolute Gasteiger partial charge is 0.252 e. The highest BCUT2D eigenvalue weighted by Crippen LogP contribution is 2.03. The number of imidazole rings is 1. The summed E-state index contributed by atoms with van der Waals surface area (Å²) in [6.07, 6.45) is 4.16.